The first kappa shape index (κ1) is 20.4. The van der Waals surface area contributed by atoms with E-state index in [2.05, 4.69) is 5.32 Å². The second-order valence-electron chi connectivity index (χ2n) is 7.93. The minimum absolute atomic E-state index is 0.0420. The van der Waals surface area contributed by atoms with Crippen molar-refractivity contribution in [3.05, 3.63) is 16.0 Å². The van der Waals surface area contributed by atoms with E-state index in [1.807, 2.05) is 6.92 Å². The molecule has 1 fully saturated rings. The fourth-order valence-corrected chi connectivity index (χ4v) is 5.72. The Bertz CT molecular complexity index is 646. The Hall–Kier alpha value is -1.36. The third-order valence-corrected chi connectivity index (χ3v) is 7.12. The molecule has 0 saturated heterocycles. The number of esters is 1. The van der Waals surface area contributed by atoms with Crippen molar-refractivity contribution in [3.63, 3.8) is 0 Å². The van der Waals surface area contributed by atoms with Gasteiger partial charge in [0, 0.05) is 11.3 Å². The zero-order valence-corrected chi connectivity index (χ0v) is 17.4. The molecule has 4 nitrogen and oxygen atoms in total. The van der Waals surface area contributed by atoms with Crippen molar-refractivity contribution in [2.24, 2.45) is 5.92 Å². The lowest BCUT2D eigenvalue weighted by molar-refractivity contribution is -0.116. The minimum atomic E-state index is -0.279. The Labute approximate surface area is 167 Å². The van der Waals surface area contributed by atoms with Crippen LogP contribution in [0.15, 0.2) is 0 Å². The zero-order valence-electron chi connectivity index (χ0n) is 16.6. The fraction of sp³-hybridized carbons (Fsp3) is 0.727. The third-order valence-electron chi connectivity index (χ3n) is 5.91. The highest BCUT2D eigenvalue weighted by molar-refractivity contribution is 7.17. The van der Waals surface area contributed by atoms with Gasteiger partial charge in [0.25, 0.3) is 0 Å². The van der Waals surface area contributed by atoms with E-state index in [9.17, 15) is 9.59 Å². The normalized spacial score (nSPS) is 18.3. The molecular weight excluding hydrogens is 358 g/mol. The molecule has 2 aliphatic rings. The number of fused-ring (bicyclic) bond motifs is 1. The number of carbonyl (C=O) groups is 2. The Morgan fingerprint density at radius 3 is 2.48 bits per heavy atom. The average molecular weight is 392 g/mol. The van der Waals surface area contributed by atoms with Crippen LogP contribution in [-0.2, 0) is 22.4 Å². The van der Waals surface area contributed by atoms with Gasteiger partial charge < -0.3 is 10.1 Å². The number of hydrogen-bond acceptors (Lipinski definition) is 4. The predicted octanol–water partition coefficient (Wildman–Crippen LogP) is 5.88. The van der Waals surface area contributed by atoms with E-state index in [0.29, 0.717) is 29.5 Å². The lowest BCUT2D eigenvalue weighted by Gasteiger charge is -2.20. The highest BCUT2D eigenvalue weighted by atomic mass is 32.1. The van der Waals surface area contributed by atoms with E-state index >= 15 is 0 Å². The van der Waals surface area contributed by atoms with Gasteiger partial charge in [0.2, 0.25) is 5.91 Å². The SMILES string of the molecule is CCOC(=O)c1c(NC(=O)CCC2CCCCC2)sc2c1CCCCCC2. The summed E-state index contributed by atoms with van der Waals surface area (Å²) < 4.78 is 5.32. The van der Waals surface area contributed by atoms with Crippen LogP contribution in [0.25, 0.3) is 0 Å². The second kappa shape index (κ2) is 10.3. The fourth-order valence-electron chi connectivity index (χ4n) is 4.43. The van der Waals surface area contributed by atoms with Crippen LogP contribution in [0.3, 0.4) is 0 Å². The average Bonchev–Trinajstić information content (AvgIpc) is 2.97. The monoisotopic (exact) mass is 391 g/mol. The van der Waals surface area contributed by atoms with Gasteiger partial charge >= 0.3 is 5.97 Å². The Morgan fingerprint density at radius 2 is 1.74 bits per heavy atom. The smallest absolute Gasteiger partial charge is 0.341 e. The summed E-state index contributed by atoms with van der Waals surface area (Å²) in [5.74, 6) is 0.455. The summed E-state index contributed by atoms with van der Waals surface area (Å²) in [6.45, 7) is 2.19. The number of hydrogen-bond donors (Lipinski definition) is 1. The molecule has 1 saturated carbocycles. The maximum absolute atomic E-state index is 12.6. The maximum atomic E-state index is 12.6. The first-order valence-electron chi connectivity index (χ1n) is 10.8. The van der Waals surface area contributed by atoms with Crippen LogP contribution in [0.2, 0.25) is 0 Å². The summed E-state index contributed by atoms with van der Waals surface area (Å²) in [5, 5.41) is 3.78. The van der Waals surface area contributed by atoms with E-state index in [0.717, 1.165) is 37.7 Å². The van der Waals surface area contributed by atoms with Crippen LogP contribution in [0.5, 0.6) is 0 Å². The number of carbonyl (C=O) groups excluding carboxylic acids is 2. The molecule has 0 aliphatic heterocycles. The molecule has 27 heavy (non-hydrogen) atoms. The van der Waals surface area contributed by atoms with E-state index in [1.54, 1.807) is 11.3 Å². The number of aryl methyl sites for hydroxylation is 1. The lowest BCUT2D eigenvalue weighted by Crippen LogP contribution is -2.17. The first-order chi connectivity index (χ1) is 13.2. The van der Waals surface area contributed by atoms with Crippen LogP contribution in [-0.4, -0.2) is 18.5 Å². The number of anilines is 1. The van der Waals surface area contributed by atoms with Crippen molar-refractivity contribution in [2.75, 3.05) is 11.9 Å². The molecule has 1 aromatic heterocycles. The van der Waals surface area contributed by atoms with Crippen molar-refractivity contribution in [3.8, 4) is 0 Å². The van der Waals surface area contributed by atoms with Crippen molar-refractivity contribution in [1.82, 2.24) is 0 Å². The van der Waals surface area contributed by atoms with Crippen LogP contribution in [0.1, 0.15) is 98.4 Å². The summed E-state index contributed by atoms with van der Waals surface area (Å²) in [7, 11) is 0. The molecule has 1 amide bonds. The van der Waals surface area contributed by atoms with Crippen LogP contribution in [0, 0.1) is 5.92 Å². The van der Waals surface area contributed by atoms with E-state index < -0.39 is 0 Å². The van der Waals surface area contributed by atoms with Crippen molar-refractivity contribution >= 4 is 28.2 Å². The summed E-state index contributed by atoms with van der Waals surface area (Å²) in [6.07, 6.45) is 14.6. The zero-order chi connectivity index (χ0) is 19.1. The quantitative estimate of drug-likeness (QED) is 0.616. The number of ether oxygens (including phenoxy) is 1. The predicted molar refractivity (Wildman–Crippen MR) is 111 cm³/mol. The summed E-state index contributed by atoms with van der Waals surface area (Å²) in [5.41, 5.74) is 1.76. The van der Waals surface area contributed by atoms with Crippen LogP contribution in [0.4, 0.5) is 5.00 Å². The van der Waals surface area contributed by atoms with Gasteiger partial charge in [0.1, 0.15) is 5.00 Å². The second-order valence-corrected chi connectivity index (χ2v) is 9.04. The molecule has 0 radical (unpaired) electrons. The van der Waals surface area contributed by atoms with Gasteiger partial charge in [-0.25, -0.2) is 4.79 Å². The highest BCUT2D eigenvalue weighted by Crippen LogP contribution is 2.38. The largest absolute Gasteiger partial charge is 0.462 e. The van der Waals surface area contributed by atoms with Crippen molar-refractivity contribution < 1.29 is 14.3 Å². The molecule has 2 aliphatic carbocycles. The Balaban J connectivity index is 1.71. The molecule has 1 aromatic rings. The standard InChI is InChI=1S/C22H33NO3S/c1-2-26-22(25)20-17-12-8-3-4-9-13-18(17)27-21(20)23-19(24)15-14-16-10-6-5-7-11-16/h16H,2-15H2,1H3,(H,23,24). The summed E-state index contributed by atoms with van der Waals surface area (Å²) in [6, 6.07) is 0. The first-order valence-corrected chi connectivity index (χ1v) is 11.6. The molecule has 0 bridgehead atoms. The third kappa shape index (κ3) is 5.56. The molecule has 0 aromatic carbocycles. The lowest BCUT2D eigenvalue weighted by atomic mass is 9.86. The molecule has 0 unspecified atom stereocenters. The molecule has 3 rings (SSSR count). The van der Waals surface area contributed by atoms with Crippen molar-refractivity contribution in [2.45, 2.75) is 90.4 Å². The Kier molecular flexibility index (Phi) is 7.74. The number of nitrogens with one attached hydrogen (secondary N) is 1. The summed E-state index contributed by atoms with van der Waals surface area (Å²) >= 11 is 1.60. The summed E-state index contributed by atoms with van der Waals surface area (Å²) in [4.78, 5) is 26.5. The number of thiophene rings is 1. The molecule has 0 atom stereocenters. The molecule has 150 valence electrons. The molecule has 0 spiro atoms. The number of amides is 1. The topological polar surface area (TPSA) is 55.4 Å². The maximum Gasteiger partial charge on any atom is 0.341 e. The van der Waals surface area contributed by atoms with Gasteiger partial charge in [-0.15, -0.1) is 11.3 Å². The van der Waals surface area contributed by atoms with Gasteiger partial charge in [-0.05, 0) is 50.5 Å². The highest BCUT2D eigenvalue weighted by Gasteiger charge is 2.26. The van der Waals surface area contributed by atoms with E-state index in [4.69, 9.17) is 4.74 Å². The van der Waals surface area contributed by atoms with Gasteiger partial charge in [0.05, 0.1) is 12.2 Å². The van der Waals surface area contributed by atoms with Gasteiger partial charge in [-0.1, -0.05) is 44.9 Å². The Morgan fingerprint density at radius 1 is 1.04 bits per heavy atom. The minimum Gasteiger partial charge on any atom is -0.462 e. The van der Waals surface area contributed by atoms with Crippen molar-refractivity contribution in [1.29, 1.82) is 0 Å². The molecule has 1 heterocycles. The van der Waals surface area contributed by atoms with Crippen LogP contribution < -0.4 is 5.32 Å². The van der Waals surface area contributed by atoms with E-state index in [1.165, 1.54) is 49.8 Å². The molecule has 5 heteroatoms. The van der Waals surface area contributed by atoms with E-state index in [-0.39, 0.29) is 11.9 Å². The molecular formula is C22H33NO3S. The van der Waals surface area contributed by atoms with Gasteiger partial charge in [-0.3, -0.25) is 4.79 Å². The van der Waals surface area contributed by atoms with Gasteiger partial charge in [0.15, 0.2) is 0 Å². The molecule has 1 N–H and O–H groups in total. The van der Waals surface area contributed by atoms with Gasteiger partial charge in [-0.2, -0.15) is 0 Å². The number of rotatable bonds is 6. The van der Waals surface area contributed by atoms with Crippen LogP contribution >= 0.6 is 11.3 Å².